The normalized spacial score (nSPS) is 11.5. The summed E-state index contributed by atoms with van der Waals surface area (Å²) in [5, 5.41) is 1.08. The van der Waals surface area contributed by atoms with Crippen LogP contribution in [-0.2, 0) is 0 Å². The molecule has 0 radical (unpaired) electrons. The van der Waals surface area contributed by atoms with Crippen molar-refractivity contribution in [1.82, 2.24) is 0 Å². The zero-order chi connectivity index (χ0) is 6.41. The van der Waals surface area contributed by atoms with Crippen molar-refractivity contribution in [3.05, 3.63) is 12.2 Å². The van der Waals surface area contributed by atoms with E-state index >= 15 is 0 Å². The molecular formula is C7H13Br. The third-order valence-corrected chi connectivity index (χ3v) is 1.25. The molecule has 48 valence electrons. The van der Waals surface area contributed by atoms with Crippen molar-refractivity contribution in [2.24, 2.45) is 5.92 Å². The average Bonchev–Trinajstić information content (AvgIpc) is 1.66. The molecule has 0 aliphatic rings. The van der Waals surface area contributed by atoms with Crippen LogP contribution < -0.4 is 0 Å². The Labute approximate surface area is 60.1 Å². The quantitative estimate of drug-likeness (QED) is 0.459. The molecule has 0 rings (SSSR count). The fraction of sp³-hybridized carbons (Fsp3) is 0.714. The highest BCUT2D eigenvalue weighted by atomic mass is 79.9. The Morgan fingerprint density at radius 1 is 1.50 bits per heavy atom. The maximum atomic E-state index is 3.35. The van der Waals surface area contributed by atoms with Crippen LogP contribution in [0.5, 0.6) is 0 Å². The summed E-state index contributed by atoms with van der Waals surface area (Å²) < 4.78 is 0. The van der Waals surface area contributed by atoms with E-state index in [9.17, 15) is 0 Å². The van der Waals surface area contributed by atoms with Gasteiger partial charge in [-0.15, -0.1) is 0 Å². The van der Waals surface area contributed by atoms with E-state index in [0.717, 1.165) is 11.8 Å². The van der Waals surface area contributed by atoms with Crippen LogP contribution >= 0.6 is 15.9 Å². The minimum atomic E-state index is 0.703. The molecule has 1 heteroatoms. The van der Waals surface area contributed by atoms with Gasteiger partial charge in [0.15, 0.2) is 0 Å². The van der Waals surface area contributed by atoms with Crippen LogP contribution in [0.3, 0.4) is 0 Å². The molecule has 8 heavy (non-hydrogen) atoms. The van der Waals surface area contributed by atoms with Gasteiger partial charge in [-0.25, -0.2) is 0 Å². The molecule has 0 bridgehead atoms. The Kier molecular flexibility index (Phi) is 5.51. The predicted molar refractivity (Wildman–Crippen MR) is 42.4 cm³/mol. The molecule has 0 nitrogen and oxygen atoms in total. The van der Waals surface area contributed by atoms with Gasteiger partial charge in [-0.05, 0) is 12.3 Å². The summed E-state index contributed by atoms with van der Waals surface area (Å²) in [7, 11) is 0. The topological polar surface area (TPSA) is 0 Å². The van der Waals surface area contributed by atoms with Gasteiger partial charge in [-0.2, -0.15) is 0 Å². The lowest BCUT2D eigenvalue weighted by molar-refractivity contribution is 0.827. The molecule has 0 aliphatic carbocycles. The van der Waals surface area contributed by atoms with Gasteiger partial charge in [-0.1, -0.05) is 41.9 Å². The molecule has 0 aromatic carbocycles. The Morgan fingerprint density at radius 2 is 2.12 bits per heavy atom. The molecule has 0 saturated carbocycles. The van der Waals surface area contributed by atoms with E-state index in [2.05, 4.69) is 41.9 Å². The van der Waals surface area contributed by atoms with Crippen LogP contribution in [0.25, 0.3) is 0 Å². The van der Waals surface area contributed by atoms with E-state index < -0.39 is 0 Å². The number of alkyl halides is 1. The first-order chi connectivity index (χ1) is 3.77. The largest absolute Gasteiger partial charge is 0.0925 e. The molecule has 0 heterocycles. The van der Waals surface area contributed by atoms with Crippen LogP contribution in [0.2, 0.25) is 0 Å². The molecule has 0 amide bonds. The molecule has 0 aliphatic heterocycles. The third-order valence-electron chi connectivity index (χ3n) is 0.797. The third kappa shape index (κ3) is 6.22. The first kappa shape index (κ1) is 8.22. The summed E-state index contributed by atoms with van der Waals surface area (Å²) in [4.78, 5) is 0. The minimum absolute atomic E-state index is 0.703. The van der Waals surface area contributed by atoms with Gasteiger partial charge >= 0.3 is 0 Å². The lowest BCUT2D eigenvalue weighted by Gasteiger charge is -1.90. The zero-order valence-electron chi connectivity index (χ0n) is 5.52. The van der Waals surface area contributed by atoms with Crippen molar-refractivity contribution in [1.29, 1.82) is 0 Å². The summed E-state index contributed by atoms with van der Waals surface area (Å²) in [6.07, 6.45) is 5.58. The monoisotopic (exact) mass is 176 g/mol. The summed E-state index contributed by atoms with van der Waals surface area (Å²) in [6.45, 7) is 4.37. The number of allylic oxidation sites excluding steroid dienone is 2. The molecule has 0 saturated heterocycles. The van der Waals surface area contributed by atoms with Crippen molar-refractivity contribution in [2.45, 2.75) is 20.3 Å². The van der Waals surface area contributed by atoms with Crippen LogP contribution in [0, 0.1) is 5.92 Å². The summed E-state index contributed by atoms with van der Waals surface area (Å²) in [6, 6.07) is 0. The summed E-state index contributed by atoms with van der Waals surface area (Å²) in [5.41, 5.74) is 0. The van der Waals surface area contributed by atoms with Crippen molar-refractivity contribution < 1.29 is 0 Å². The second-order valence-electron chi connectivity index (χ2n) is 2.15. The molecular weight excluding hydrogens is 164 g/mol. The Bertz CT molecular complexity index is 64.8. The SMILES string of the molecule is CC(C)/C=C/CCBr. The maximum Gasteiger partial charge on any atom is 0.00659 e. The molecule has 0 spiro atoms. The molecule has 0 aromatic heterocycles. The van der Waals surface area contributed by atoms with Crippen LogP contribution in [0.15, 0.2) is 12.2 Å². The van der Waals surface area contributed by atoms with Crippen molar-refractivity contribution in [3.8, 4) is 0 Å². The lowest BCUT2D eigenvalue weighted by Crippen LogP contribution is -1.76. The predicted octanol–water partition coefficient (Wildman–Crippen LogP) is 2.98. The van der Waals surface area contributed by atoms with Gasteiger partial charge < -0.3 is 0 Å². The van der Waals surface area contributed by atoms with Crippen molar-refractivity contribution >= 4 is 15.9 Å². The first-order valence-corrected chi connectivity index (χ1v) is 4.12. The summed E-state index contributed by atoms with van der Waals surface area (Å²) in [5.74, 6) is 0.703. The van der Waals surface area contributed by atoms with Crippen molar-refractivity contribution in [2.75, 3.05) is 5.33 Å². The van der Waals surface area contributed by atoms with Crippen molar-refractivity contribution in [3.63, 3.8) is 0 Å². The lowest BCUT2D eigenvalue weighted by atomic mass is 10.2. The second kappa shape index (κ2) is 5.36. The highest BCUT2D eigenvalue weighted by Gasteiger charge is 1.80. The van der Waals surface area contributed by atoms with Crippen LogP contribution in [0.4, 0.5) is 0 Å². The number of rotatable bonds is 3. The number of halogens is 1. The second-order valence-corrected chi connectivity index (χ2v) is 2.94. The van der Waals surface area contributed by atoms with E-state index in [1.54, 1.807) is 0 Å². The van der Waals surface area contributed by atoms with Gasteiger partial charge in [0, 0.05) is 5.33 Å². The van der Waals surface area contributed by atoms with E-state index in [0.29, 0.717) is 5.92 Å². The smallest absolute Gasteiger partial charge is 0.00659 e. The first-order valence-electron chi connectivity index (χ1n) is 3.00. The van der Waals surface area contributed by atoms with Gasteiger partial charge in [0.25, 0.3) is 0 Å². The van der Waals surface area contributed by atoms with Gasteiger partial charge in [0.2, 0.25) is 0 Å². The molecule has 0 fully saturated rings. The number of hydrogen-bond acceptors (Lipinski definition) is 0. The highest BCUT2D eigenvalue weighted by molar-refractivity contribution is 9.09. The summed E-state index contributed by atoms with van der Waals surface area (Å²) >= 11 is 3.35. The van der Waals surface area contributed by atoms with E-state index in [1.165, 1.54) is 0 Å². The molecule has 0 atom stereocenters. The number of hydrogen-bond donors (Lipinski definition) is 0. The highest BCUT2D eigenvalue weighted by Crippen LogP contribution is 1.96. The minimum Gasteiger partial charge on any atom is -0.0925 e. The fourth-order valence-electron chi connectivity index (χ4n) is 0.431. The Hall–Kier alpha value is 0.220. The Morgan fingerprint density at radius 3 is 2.50 bits per heavy atom. The van der Waals surface area contributed by atoms with Crippen LogP contribution in [-0.4, -0.2) is 5.33 Å². The van der Waals surface area contributed by atoms with Gasteiger partial charge in [0.05, 0.1) is 0 Å². The van der Waals surface area contributed by atoms with Crippen LogP contribution in [0.1, 0.15) is 20.3 Å². The van der Waals surface area contributed by atoms with E-state index in [4.69, 9.17) is 0 Å². The van der Waals surface area contributed by atoms with Gasteiger partial charge in [-0.3, -0.25) is 0 Å². The fourth-order valence-corrected chi connectivity index (χ4v) is 0.696. The average molecular weight is 177 g/mol. The Balaban J connectivity index is 3.07. The van der Waals surface area contributed by atoms with Gasteiger partial charge in [0.1, 0.15) is 0 Å². The zero-order valence-corrected chi connectivity index (χ0v) is 7.11. The van der Waals surface area contributed by atoms with E-state index in [1.807, 2.05) is 0 Å². The molecule has 0 unspecified atom stereocenters. The standard InChI is InChI=1S/C7H13Br/c1-7(2)5-3-4-6-8/h3,5,7H,4,6H2,1-2H3/b5-3+. The molecule has 0 aromatic rings. The maximum absolute atomic E-state index is 3.35. The van der Waals surface area contributed by atoms with E-state index in [-0.39, 0.29) is 0 Å². The molecule has 0 N–H and O–H groups in total.